The van der Waals surface area contributed by atoms with E-state index in [1.807, 2.05) is 30.3 Å². The van der Waals surface area contributed by atoms with Crippen molar-refractivity contribution in [2.24, 2.45) is 28.7 Å². The van der Waals surface area contributed by atoms with E-state index in [1.54, 1.807) is 0 Å². The minimum atomic E-state index is -1.17. The molecule has 0 saturated heterocycles. The summed E-state index contributed by atoms with van der Waals surface area (Å²) in [6.45, 7) is 4.89. The number of aromatic hydroxyl groups is 1. The predicted octanol–water partition coefficient (Wildman–Crippen LogP) is 4.99. The minimum Gasteiger partial charge on any atom is -0.511 e. The van der Waals surface area contributed by atoms with Gasteiger partial charge >= 0.3 is 0 Å². The number of hydrogen-bond acceptors (Lipinski definition) is 8. The number of carbonyl (C=O) groups excluding carboxylic acids is 3. The van der Waals surface area contributed by atoms with Crippen molar-refractivity contribution in [2.75, 3.05) is 0 Å². The van der Waals surface area contributed by atoms with Gasteiger partial charge in [0.25, 0.3) is 5.91 Å². The number of nitrogens with zero attached hydrogens (tertiary/aromatic N) is 1. The van der Waals surface area contributed by atoms with Crippen LogP contribution in [-0.4, -0.2) is 33.7 Å². The smallest absolute Gasteiger partial charge is 0.254 e. The van der Waals surface area contributed by atoms with Gasteiger partial charge in [-0.1, -0.05) is 56.3 Å². The molecule has 0 bridgehead atoms. The lowest BCUT2D eigenvalue weighted by atomic mass is 9.62. The van der Waals surface area contributed by atoms with Crippen molar-refractivity contribution in [3.63, 3.8) is 0 Å². The first kappa shape index (κ1) is 27.5. The van der Waals surface area contributed by atoms with Gasteiger partial charge in [-0.25, -0.2) is 0 Å². The summed E-state index contributed by atoms with van der Waals surface area (Å²) in [5.41, 5.74) is 8.33. The third-order valence-corrected chi connectivity index (χ3v) is 8.89. The zero-order chi connectivity index (χ0) is 29.9. The summed E-state index contributed by atoms with van der Waals surface area (Å²) >= 11 is 0. The molecule has 3 atom stereocenters. The van der Waals surface area contributed by atoms with Crippen LogP contribution in [0.2, 0.25) is 0 Å². The van der Waals surface area contributed by atoms with Crippen molar-refractivity contribution in [3.8, 4) is 16.9 Å². The van der Waals surface area contributed by atoms with Crippen LogP contribution >= 0.6 is 0 Å². The first-order valence-corrected chi connectivity index (χ1v) is 14.1. The largest absolute Gasteiger partial charge is 0.511 e. The number of aliphatic hydroxyl groups excluding tert-OH is 1. The zero-order valence-corrected chi connectivity index (χ0v) is 23.3. The lowest BCUT2D eigenvalue weighted by Gasteiger charge is -2.41. The van der Waals surface area contributed by atoms with E-state index in [0.717, 1.165) is 27.5 Å². The Balaban J connectivity index is 1.48. The van der Waals surface area contributed by atoms with Gasteiger partial charge in [0.2, 0.25) is 0 Å². The highest BCUT2D eigenvalue weighted by atomic mass is 16.3. The fraction of sp³-hybridized carbons (Fsp3) is 0.303. The second kappa shape index (κ2) is 10.3. The van der Waals surface area contributed by atoms with Gasteiger partial charge in [0, 0.05) is 18.2 Å². The number of Topliss-reactive ketones (excluding diaryl/α,β-unsaturated/α-hetero) is 2. The third-order valence-electron chi connectivity index (χ3n) is 8.89. The molecule has 5 N–H and O–H groups in total. The molecule has 1 amide bonds. The molecular formula is C33H31N3O6. The number of primary amides is 1. The molecule has 0 heterocycles. The Morgan fingerprint density at radius 1 is 1.02 bits per heavy atom. The molecule has 3 aromatic carbocycles. The number of nitrogens with one attached hydrogen (secondary N) is 1. The molecule has 42 heavy (non-hydrogen) atoms. The van der Waals surface area contributed by atoms with E-state index >= 15 is 0 Å². The van der Waals surface area contributed by atoms with E-state index < -0.39 is 46.6 Å². The summed E-state index contributed by atoms with van der Waals surface area (Å²) in [7, 11) is 0. The Bertz CT molecular complexity index is 1770. The molecule has 6 rings (SSSR count). The second-order valence-corrected chi connectivity index (χ2v) is 11.7. The number of phenols is 1. The quantitative estimate of drug-likeness (QED) is 0.242. The molecule has 214 valence electrons. The monoisotopic (exact) mass is 565 g/mol. The van der Waals surface area contributed by atoms with Gasteiger partial charge in [-0.3, -0.25) is 14.4 Å². The lowest BCUT2D eigenvalue weighted by Crippen LogP contribution is -2.43. The normalized spacial score (nSPS) is 21.8. The molecule has 9 heteroatoms. The SMILES string of the molecule is CC(C)NCc1ccc(-c2ccc(O)c3c2C[C@H]2C[C@H]4CC(N=O)=C(C(N)=O)C(=O)C4C(O)=C2C3=O)c2ccccc12. The number of benzene rings is 3. The maximum absolute atomic E-state index is 14.0. The van der Waals surface area contributed by atoms with Gasteiger partial charge in [-0.15, -0.1) is 4.91 Å². The number of allylic oxidation sites excluding steroid dienone is 3. The van der Waals surface area contributed by atoms with Gasteiger partial charge in [0.1, 0.15) is 22.8 Å². The standard InChI is InChI=1S/C33H31N3O6/c1-15(2)35-14-16-7-8-21(20-6-4-3-5-19(16)20)22-9-10-25(37)28-23(22)12-17-11-18-13-24(36-42)29(33(34)41)32(40)27(18)30(38)26(17)31(28)39/h3-10,15,17-18,27,35,37-38H,11-14H2,1-2H3,(H2,34,41)/t17-,18+,27?/m1/s1. The Morgan fingerprint density at radius 3 is 2.43 bits per heavy atom. The van der Waals surface area contributed by atoms with Gasteiger partial charge in [0.15, 0.2) is 11.6 Å². The summed E-state index contributed by atoms with van der Waals surface area (Å²) < 4.78 is 0. The lowest BCUT2D eigenvalue weighted by molar-refractivity contribution is -0.125. The fourth-order valence-electron chi connectivity index (χ4n) is 7.04. The molecule has 3 aliphatic rings. The van der Waals surface area contributed by atoms with Gasteiger partial charge in [-0.2, -0.15) is 0 Å². The van der Waals surface area contributed by atoms with Crippen LogP contribution in [-0.2, 0) is 22.6 Å². The average Bonchev–Trinajstić information content (AvgIpc) is 2.95. The van der Waals surface area contributed by atoms with Crippen molar-refractivity contribution in [2.45, 2.75) is 45.7 Å². The highest BCUT2D eigenvalue weighted by Crippen LogP contribution is 2.51. The zero-order valence-electron chi connectivity index (χ0n) is 23.3. The number of ketones is 2. The van der Waals surface area contributed by atoms with Crippen LogP contribution in [0, 0.1) is 22.7 Å². The number of aliphatic hydroxyl groups is 1. The number of nitrogens with two attached hydrogens (primary N) is 1. The number of phenolic OH excluding ortho intramolecular Hbond substituents is 1. The van der Waals surface area contributed by atoms with Gasteiger partial charge in [0.05, 0.1) is 11.5 Å². The minimum absolute atomic E-state index is 0.00350. The predicted molar refractivity (Wildman–Crippen MR) is 157 cm³/mol. The Hall–Kier alpha value is -4.63. The number of hydrogen-bond donors (Lipinski definition) is 4. The van der Waals surface area contributed by atoms with E-state index in [2.05, 4.69) is 36.5 Å². The fourth-order valence-corrected chi connectivity index (χ4v) is 7.04. The Morgan fingerprint density at radius 2 is 1.74 bits per heavy atom. The first-order valence-electron chi connectivity index (χ1n) is 14.1. The van der Waals surface area contributed by atoms with E-state index in [-0.39, 0.29) is 29.0 Å². The Kier molecular flexibility index (Phi) is 6.77. The summed E-state index contributed by atoms with van der Waals surface area (Å²) in [6, 6.07) is 15.8. The number of rotatable bonds is 6. The van der Waals surface area contributed by atoms with Crippen molar-refractivity contribution >= 4 is 28.2 Å². The highest BCUT2D eigenvalue weighted by molar-refractivity contribution is 6.22. The van der Waals surface area contributed by atoms with Crippen LogP contribution in [0.5, 0.6) is 5.75 Å². The number of fused-ring (bicyclic) bond motifs is 4. The van der Waals surface area contributed by atoms with Crippen LogP contribution in [0.4, 0.5) is 0 Å². The molecule has 0 saturated carbocycles. The Labute approximate surface area is 242 Å². The summed E-state index contributed by atoms with van der Waals surface area (Å²) in [5, 5.41) is 30.7. The van der Waals surface area contributed by atoms with Crippen molar-refractivity contribution in [1.82, 2.24) is 5.32 Å². The summed E-state index contributed by atoms with van der Waals surface area (Å²) in [5.74, 6) is -5.21. The topological polar surface area (TPSA) is 159 Å². The second-order valence-electron chi connectivity index (χ2n) is 11.7. The third kappa shape index (κ3) is 4.23. The van der Waals surface area contributed by atoms with Gasteiger partial charge in [-0.05, 0) is 75.4 Å². The molecule has 0 fully saturated rings. The van der Waals surface area contributed by atoms with E-state index in [9.17, 15) is 29.5 Å². The van der Waals surface area contributed by atoms with Crippen molar-refractivity contribution < 1.29 is 24.6 Å². The molecule has 3 aliphatic carbocycles. The van der Waals surface area contributed by atoms with Crippen LogP contribution in [0.25, 0.3) is 21.9 Å². The molecule has 0 radical (unpaired) electrons. The van der Waals surface area contributed by atoms with Crippen LogP contribution < -0.4 is 11.1 Å². The number of amides is 1. The van der Waals surface area contributed by atoms with Crippen LogP contribution in [0.3, 0.4) is 0 Å². The molecule has 3 aromatic rings. The number of carbonyl (C=O) groups is 3. The maximum Gasteiger partial charge on any atom is 0.254 e. The van der Waals surface area contributed by atoms with Crippen molar-refractivity contribution in [1.29, 1.82) is 0 Å². The molecule has 1 unspecified atom stereocenters. The van der Waals surface area contributed by atoms with Crippen LogP contribution in [0.15, 0.2) is 76.3 Å². The molecule has 0 aromatic heterocycles. The van der Waals surface area contributed by atoms with Gasteiger partial charge < -0.3 is 21.3 Å². The van der Waals surface area contributed by atoms with Crippen molar-refractivity contribution in [3.05, 3.63) is 92.7 Å². The number of nitroso groups, excluding NO2 is 1. The van der Waals surface area contributed by atoms with E-state index in [0.29, 0.717) is 31.0 Å². The summed E-state index contributed by atoms with van der Waals surface area (Å²) in [4.78, 5) is 50.7. The molecular weight excluding hydrogens is 534 g/mol. The molecule has 0 aliphatic heterocycles. The first-order chi connectivity index (χ1) is 20.1. The molecule has 9 nitrogen and oxygen atoms in total. The van der Waals surface area contributed by atoms with Crippen LogP contribution in [0.1, 0.15) is 48.2 Å². The highest BCUT2D eigenvalue weighted by Gasteiger charge is 2.50. The maximum atomic E-state index is 14.0. The summed E-state index contributed by atoms with van der Waals surface area (Å²) in [6.07, 6.45) is 0.654. The average molecular weight is 566 g/mol. The van der Waals surface area contributed by atoms with E-state index in [1.165, 1.54) is 6.07 Å². The molecule has 0 spiro atoms. The van der Waals surface area contributed by atoms with E-state index in [4.69, 9.17) is 5.73 Å².